The van der Waals surface area contributed by atoms with Crippen molar-refractivity contribution in [3.63, 3.8) is 0 Å². The number of aromatic nitrogens is 2. The summed E-state index contributed by atoms with van der Waals surface area (Å²) < 4.78 is 11.4. The SMILES string of the molecule is c1ccc(-n2c3ccccc3c3cc(-c4ccc5c(c4)c4ccccc4n5-c4ccc(-c5cccc6c5-c5ccccc5C65c6ccccc6Oc6ccccc65)cc4)ccc32)cc1. The van der Waals surface area contributed by atoms with Crippen molar-refractivity contribution in [1.29, 1.82) is 0 Å². The van der Waals surface area contributed by atoms with E-state index in [-0.39, 0.29) is 0 Å². The van der Waals surface area contributed by atoms with Crippen LogP contribution in [0.1, 0.15) is 22.3 Å². The fourth-order valence-electron chi connectivity index (χ4n) is 11.4. The van der Waals surface area contributed by atoms with Crippen molar-refractivity contribution in [1.82, 2.24) is 9.13 Å². The summed E-state index contributed by atoms with van der Waals surface area (Å²) >= 11 is 0. The lowest BCUT2D eigenvalue weighted by Crippen LogP contribution is -2.32. The molecule has 0 bridgehead atoms. The molecule has 0 radical (unpaired) electrons. The van der Waals surface area contributed by atoms with Gasteiger partial charge in [0.2, 0.25) is 0 Å². The van der Waals surface area contributed by atoms with E-state index < -0.39 is 5.41 Å². The Hall–Kier alpha value is -8.40. The number of hydrogen-bond acceptors (Lipinski definition) is 1. The van der Waals surface area contributed by atoms with Gasteiger partial charge in [0, 0.05) is 44.0 Å². The lowest BCUT2D eigenvalue weighted by atomic mass is 9.66. The summed E-state index contributed by atoms with van der Waals surface area (Å²) in [6.07, 6.45) is 0. The molecule has 2 aliphatic rings. The molecule has 2 aromatic heterocycles. The number of hydrogen-bond donors (Lipinski definition) is 0. The fourth-order valence-corrected chi connectivity index (χ4v) is 11.4. The van der Waals surface area contributed by atoms with Crippen molar-refractivity contribution in [2.45, 2.75) is 5.41 Å². The van der Waals surface area contributed by atoms with Gasteiger partial charge in [0.25, 0.3) is 0 Å². The highest BCUT2D eigenvalue weighted by Gasteiger charge is 2.51. The third-order valence-corrected chi connectivity index (χ3v) is 14.0. The van der Waals surface area contributed by atoms with Gasteiger partial charge < -0.3 is 13.9 Å². The zero-order chi connectivity index (χ0) is 41.9. The maximum Gasteiger partial charge on any atom is 0.132 e. The third-order valence-electron chi connectivity index (χ3n) is 14.0. The lowest BCUT2D eigenvalue weighted by molar-refractivity contribution is 0.436. The topological polar surface area (TPSA) is 19.1 Å². The van der Waals surface area contributed by atoms with E-state index >= 15 is 0 Å². The van der Waals surface area contributed by atoms with Gasteiger partial charge >= 0.3 is 0 Å². The molecule has 12 aromatic rings. The monoisotopic (exact) mass is 814 g/mol. The Morgan fingerprint density at radius 3 is 1.38 bits per heavy atom. The summed E-state index contributed by atoms with van der Waals surface area (Å²) in [6, 6.07) is 84.3. The lowest BCUT2D eigenvalue weighted by Gasteiger charge is -2.39. The summed E-state index contributed by atoms with van der Waals surface area (Å²) in [6.45, 7) is 0. The molecule has 0 amide bonds. The van der Waals surface area contributed by atoms with Gasteiger partial charge in [-0.1, -0.05) is 158 Å². The number of rotatable bonds is 4. The molecule has 3 heteroatoms. The van der Waals surface area contributed by atoms with Crippen LogP contribution >= 0.6 is 0 Å². The van der Waals surface area contributed by atoms with Crippen LogP contribution in [0.3, 0.4) is 0 Å². The second kappa shape index (κ2) is 13.3. The van der Waals surface area contributed by atoms with Crippen LogP contribution in [0.4, 0.5) is 0 Å². The average molecular weight is 815 g/mol. The second-order valence-corrected chi connectivity index (χ2v) is 17.2. The molecule has 3 nitrogen and oxygen atoms in total. The minimum absolute atomic E-state index is 0.498. The first-order valence-corrected chi connectivity index (χ1v) is 22.1. The van der Waals surface area contributed by atoms with Gasteiger partial charge in [0.05, 0.1) is 27.5 Å². The van der Waals surface area contributed by atoms with Gasteiger partial charge in [-0.15, -0.1) is 0 Å². The molecule has 298 valence electrons. The Bertz CT molecular complexity index is 3820. The van der Waals surface area contributed by atoms with Crippen LogP contribution in [0.25, 0.3) is 88.4 Å². The number of fused-ring (bicyclic) bond motifs is 15. The fraction of sp³-hybridized carbons (Fsp3) is 0.0164. The Balaban J connectivity index is 0.895. The summed E-state index contributed by atoms with van der Waals surface area (Å²) in [5.41, 5.74) is 18.9. The van der Waals surface area contributed by atoms with Crippen molar-refractivity contribution in [2.24, 2.45) is 0 Å². The van der Waals surface area contributed by atoms with Crippen molar-refractivity contribution in [2.75, 3.05) is 0 Å². The van der Waals surface area contributed by atoms with E-state index in [2.05, 4.69) is 240 Å². The molecule has 64 heavy (non-hydrogen) atoms. The zero-order valence-corrected chi connectivity index (χ0v) is 34.7. The van der Waals surface area contributed by atoms with Crippen LogP contribution in [0.2, 0.25) is 0 Å². The molecule has 3 heterocycles. The van der Waals surface area contributed by atoms with Gasteiger partial charge in [-0.3, -0.25) is 0 Å². The zero-order valence-electron chi connectivity index (χ0n) is 34.7. The number of nitrogens with zero attached hydrogens (tertiary/aromatic N) is 2. The van der Waals surface area contributed by atoms with E-state index in [1.807, 2.05) is 0 Å². The van der Waals surface area contributed by atoms with Crippen LogP contribution in [0, 0.1) is 0 Å². The van der Waals surface area contributed by atoms with E-state index in [9.17, 15) is 0 Å². The molecule has 1 spiro atoms. The van der Waals surface area contributed by atoms with E-state index in [1.165, 1.54) is 105 Å². The Morgan fingerprint density at radius 2 is 0.750 bits per heavy atom. The highest BCUT2D eigenvalue weighted by Crippen LogP contribution is 2.63. The minimum atomic E-state index is -0.498. The number of ether oxygens (including phenoxy) is 1. The Labute approximate surface area is 370 Å². The molecule has 0 atom stereocenters. The van der Waals surface area contributed by atoms with Gasteiger partial charge in [-0.25, -0.2) is 0 Å². The van der Waals surface area contributed by atoms with Gasteiger partial charge in [0.1, 0.15) is 11.5 Å². The van der Waals surface area contributed by atoms with Crippen LogP contribution in [0.15, 0.2) is 231 Å². The first kappa shape index (κ1) is 35.2. The molecule has 0 fully saturated rings. The smallest absolute Gasteiger partial charge is 0.132 e. The molecule has 0 unspecified atom stereocenters. The summed E-state index contributed by atoms with van der Waals surface area (Å²) in [7, 11) is 0. The first-order valence-electron chi connectivity index (χ1n) is 22.1. The minimum Gasteiger partial charge on any atom is -0.457 e. The summed E-state index contributed by atoms with van der Waals surface area (Å²) in [5, 5.41) is 4.99. The molecular weight excluding hydrogens is 777 g/mol. The number of para-hydroxylation sites is 5. The first-order chi connectivity index (χ1) is 31.8. The molecule has 0 N–H and O–H groups in total. The quantitative estimate of drug-likeness (QED) is 0.173. The maximum atomic E-state index is 6.59. The predicted octanol–water partition coefficient (Wildman–Crippen LogP) is 15.7. The van der Waals surface area contributed by atoms with Crippen LogP contribution in [-0.4, -0.2) is 9.13 Å². The summed E-state index contributed by atoms with van der Waals surface area (Å²) in [5.74, 6) is 1.82. The van der Waals surface area contributed by atoms with Gasteiger partial charge in [-0.2, -0.15) is 0 Å². The average Bonchev–Trinajstić information content (AvgIpc) is 3.98. The largest absolute Gasteiger partial charge is 0.457 e. The molecule has 1 aliphatic carbocycles. The molecule has 0 saturated carbocycles. The van der Waals surface area contributed by atoms with E-state index in [1.54, 1.807) is 0 Å². The van der Waals surface area contributed by atoms with Crippen molar-refractivity contribution in [3.8, 4) is 56.3 Å². The predicted molar refractivity (Wildman–Crippen MR) is 263 cm³/mol. The normalized spacial score (nSPS) is 13.2. The molecule has 10 aromatic carbocycles. The van der Waals surface area contributed by atoms with E-state index in [4.69, 9.17) is 4.74 Å². The van der Waals surface area contributed by atoms with Crippen molar-refractivity contribution < 1.29 is 4.74 Å². The third kappa shape index (κ3) is 4.76. The van der Waals surface area contributed by atoms with Crippen molar-refractivity contribution in [3.05, 3.63) is 253 Å². The molecule has 0 saturated heterocycles. The van der Waals surface area contributed by atoms with E-state index in [0.717, 1.165) is 17.2 Å². The maximum absolute atomic E-state index is 6.59. The highest BCUT2D eigenvalue weighted by molar-refractivity contribution is 6.13. The van der Waals surface area contributed by atoms with Gasteiger partial charge in [0.15, 0.2) is 0 Å². The Kier molecular flexibility index (Phi) is 7.32. The highest BCUT2D eigenvalue weighted by atomic mass is 16.5. The van der Waals surface area contributed by atoms with Crippen LogP contribution < -0.4 is 4.74 Å². The number of benzene rings is 10. The molecule has 1 aliphatic heterocycles. The molecule has 14 rings (SSSR count). The van der Waals surface area contributed by atoms with Crippen LogP contribution in [0.5, 0.6) is 11.5 Å². The van der Waals surface area contributed by atoms with Crippen LogP contribution in [-0.2, 0) is 5.41 Å². The van der Waals surface area contributed by atoms with Gasteiger partial charge in [-0.05, 0) is 117 Å². The van der Waals surface area contributed by atoms with Crippen molar-refractivity contribution >= 4 is 43.6 Å². The van der Waals surface area contributed by atoms with E-state index in [0.29, 0.717) is 0 Å². The second-order valence-electron chi connectivity index (χ2n) is 17.2. The summed E-state index contributed by atoms with van der Waals surface area (Å²) in [4.78, 5) is 0. The standard InChI is InChI=1S/C61H38N2O/c1-2-15-42(16-3-1)62-54-25-10-5-17-45(54)48-37-40(31-35-56(48)62)41-32-36-57-49(38-41)46-18-6-11-26-55(46)63(57)43-33-29-39(30-34-43)44-20-14-24-53-60(44)47-19-4-7-21-50(47)61(53)51-22-8-12-27-58(51)64-59-28-13-9-23-52(59)61/h1-38H. The molecular formula is C61H38N2O. The Morgan fingerprint density at radius 1 is 0.297 bits per heavy atom.